The third kappa shape index (κ3) is 6.82. The number of anilines is 2. The first kappa shape index (κ1) is 26.2. The molecule has 0 fully saturated rings. The molecule has 3 aromatic rings. The number of nitrogens with one attached hydrogen (secondary N) is 2. The van der Waals surface area contributed by atoms with Crippen LogP contribution in [0.15, 0.2) is 71.6 Å². The SMILES string of the molecule is CC(=O)c1ccc(S(=O)(=O)Nc2ccc(C(=O)N(C)CC(=O)Nc3ccc(Cl)c(Cl)c3)cc2)cc1. The Hall–Kier alpha value is -3.40. The van der Waals surface area contributed by atoms with Crippen molar-refractivity contribution < 1.29 is 22.8 Å². The molecule has 0 spiro atoms. The van der Waals surface area contributed by atoms with Gasteiger partial charge in [0, 0.05) is 29.5 Å². The molecule has 11 heteroatoms. The van der Waals surface area contributed by atoms with Crippen LogP contribution in [0.2, 0.25) is 10.0 Å². The van der Waals surface area contributed by atoms with Gasteiger partial charge in [-0.3, -0.25) is 19.1 Å². The van der Waals surface area contributed by atoms with E-state index in [2.05, 4.69) is 10.0 Å². The number of Topliss-reactive ketones (excluding diaryl/α,β-unsaturated/α-hetero) is 1. The van der Waals surface area contributed by atoms with E-state index in [1.165, 1.54) is 73.5 Å². The predicted octanol–water partition coefficient (Wildman–Crippen LogP) is 4.71. The summed E-state index contributed by atoms with van der Waals surface area (Å²) in [5, 5.41) is 3.28. The summed E-state index contributed by atoms with van der Waals surface area (Å²) in [7, 11) is -2.41. The summed E-state index contributed by atoms with van der Waals surface area (Å²) < 4.78 is 27.6. The van der Waals surface area contributed by atoms with Crippen molar-refractivity contribution in [3.05, 3.63) is 87.9 Å². The maximum atomic E-state index is 12.7. The van der Waals surface area contributed by atoms with Crippen LogP contribution >= 0.6 is 23.2 Å². The fourth-order valence-electron chi connectivity index (χ4n) is 3.05. The van der Waals surface area contributed by atoms with Crippen molar-refractivity contribution in [2.24, 2.45) is 0 Å². The van der Waals surface area contributed by atoms with Crippen LogP contribution in [0.25, 0.3) is 0 Å². The number of amides is 2. The highest BCUT2D eigenvalue weighted by atomic mass is 35.5. The molecule has 0 unspecified atom stereocenters. The molecule has 3 aromatic carbocycles. The maximum absolute atomic E-state index is 12.7. The average molecular weight is 534 g/mol. The van der Waals surface area contributed by atoms with Crippen molar-refractivity contribution in [3.8, 4) is 0 Å². The first-order valence-corrected chi connectivity index (χ1v) is 12.4. The van der Waals surface area contributed by atoms with Crippen LogP contribution in [0.5, 0.6) is 0 Å². The summed E-state index contributed by atoms with van der Waals surface area (Å²) >= 11 is 11.8. The number of benzene rings is 3. The van der Waals surface area contributed by atoms with Crippen LogP contribution in [-0.4, -0.2) is 44.5 Å². The highest BCUT2D eigenvalue weighted by molar-refractivity contribution is 7.92. The monoisotopic (exact) mass is 533 g/mol. The van der Waals surface area contributed by atoms with Gasteiger partial charge in [0.15, 0.2) is 5.78 Å². The van der Waals surface area contributed by atoms with Gasteiger partial charge in [0.2, 0.25) is 5.91 Å². The second-order valence-electron chi connectivity index (χ2n) is 7.60. The second kappa shape index (κ2) is 10.9. The first-order valence-electron chi connectivity index (χ1n) is 10.2. The van der Waals surface area contributed by atoms with Crippen LogP contribution < -0.4 is 10.0 Å². The Bertz CT molecular complexity index is 1380. The largest absolute Gasteiger partial charge is 0.332 e. The number of carbonyl (C=O) groups is 3. The smallest absolute Gasteiger partial charge is 0.261 e. The van der Waals surface area contributed by atoms with Gasteiger partial charge in [-0.1, -0.05) is 35.3 Å². The molecule has 2 N–H and O–H groups in total. The van der Waals surface area contributed by atoms with Gasteiger partial charge < -0.3 is 10.2 Å². The molecule has 182 valence electrons. The quantitative estimate of drug-likeness (QED) is 0.407. The van der Waals surface area contributed by atoms with E-state index in [1.54, 1.807) is 12.1 Å². The molecule has 0 radical (unpaired) electrons. The molecule has 0 saturated heterocycles. The predicted molar refractivity (Wildman–Crippen MR) is 136 cm³/mol. The number of halogens is 2. The number of rotatable bonds is 8. The molecule has 0 atom stereocenters. The van der Waals surface area contributed by atoms with E-state index in [0.717, 1.165) is 0 Å². The lowest BCUT2D eigenvalue weighted by Crippen LogP contribution is -2.34. The first-order chi connectivity index (χ1) is 16.5. The van der Waals surface area contributed by atoms with Gasteiger partial charge in [-0.2, -0.15) is 0 Å². The van der Waals surface area contributed by atoms with E-state index in [4.69, 9.17) is 23.2 Å². The van der Waals surface area contributed by atoms with Crippen molar-refractivity contribution in [3.63, 3.8) is 0 Å². The van der Waals surface area contributed by atoms with Crippen molar-refractivity contribution in [1.29, 1.82) is 0 Å². The van der Waals surface area contributed by atoms with E-state index in [9.17, 15) is 22.8 Å². The molecule has 35 heavy (non-hydrogen) atoms. The van der Waals surface area contributed by atoms with Gasteiger partial charge in [0.05, 0.1) is 21.5 Å². The highest BCUT2D eigenvalue weighted by Crippen LogP contribution is 2.25. The van der Waals surface area contributed by atoms with Crippen molar-refractivity contribution >= 4 is 62.2 Å². The lowest BCUT2D eigenvalue weighted by molar-refractivity contribution is -0.116. The molecule has 0 aliphatic heterocycles. The normalized spacial score (nSPS) is 11.0. The Labute approximate surface area is 212 Å². The molecule has 0 heterocycles. The lowest BCUT2D eigenvalue weighted by Gasteiger charge is -2.17. The maximum Gasteiger partial charge on any atom is 0.261 e. The molecule has 0 saturated carbocycles. The summed E-state index contributed by atoms with van der Waals surface area (Å²) in [6, 6.07) is 16.0. The third-order valence-corrected chi connectivity index (χ3v) is 7.02. The lowest BCUT2D eigenvalue weighted by atomic mass is 10.2. The Morgan fingerprint density at radius 2 is 1.40 bits per heavy atom. The topological polar surface area (TPSA) is 113 Å². The number of carbonyl (C=O) groups excluding carboxylic acids is 3. The minimum Gasteiger partial charge on any atom is -0.332 e. The molecule has 0 bridgehead atoms. The van der Waals surface area contributed by atoms with Crippen LogP contribution in [0, 0.1) is 0 Å². The Morgan fingerprint density at radius 3 is 1.97 bits per heavy atom. The van der Waals surface area contributed by atoms with E-state index in [-0.39, 0.29) is 33.5 Å². The van der Waals surface area contributed by atoms with Crippen molar-refractivity contribution in [2.45, 2.75) is 11.8 Å². The van der Waals surface area contributed by atoms with E-state index < -0.39 is 21.8 Å². The summed E-state index contributed by atoms with van der Waals surface area (Å²) in [6.45, 7) is 1.17. The van der Waals surface area contributed by atoms with Gasteiger partial charge >= 0.3 is 0 Å². The second-order valence-corrected chi connectivity index (χ2v) is 10.1. The van der Waals surface area contributed by atoms with E-state index in [0.29, 0.717) is 16.3 Å². The average Bonchev–Trinajstić information content (AvgIpc) is 2.81. The number of sulfonamides is 1. The number of hydrogen-bond acceptors (Lipinski definition) is 5. The molecule has 0 aromatic heterocycles. The molecule has 2 amide bonds. The summed E-state index contributed by atoms with van der Waals surface area (Å²) in [4.78, 5) is 37.5. The van der Waals surface area contributed by atoms with Crippen LogP contribution in [0.4, 0.5) is 11.4 Å². The van der Waals surface area contributed by atoms with Crippen LogP contribution in [0.3, 0.4) is 0 Å². The highest BCUT2D eigenvalue weighted by Gasteiger charge is 2.18. The van der Waals surface area contributed by atoms with Gasteiger partial charge in [-0.05, 0) is 61.5 Å². The summed E-state index contributed by atoms with van der Waals surface area (Å²) in [5.41, 5.74) is 1.36. The minimum atomic E-state index is -3.88. The Morgan fingerprint density at radius 1 is 0.829 bits per heavy atom. The van der Waals surface area contributed by atoms with Gasteiger partial charge in [0.25, 0.3) is 15.9 Å². The van der Waals surface area contributed by atoms with E-state index in [1.807, 2.05) is 0 Å². The summed E-state index contributed by atoms with van der Waals surface area (Å²) in [6.07, 6.45) is 0. The number of likely N-dealkylation sites (N-methyl/N-ethyl adjacent to an activating group) is 1. The molecule has 0 aliphatic rings. The molecule has 8 nitrogen and oxygen atoms in total. The van der Waals surface area contributed by atoms with Crippen molar-refractivity contribution in [2.75, 3.05) is 23.6 Å². The van der Waals surface area contributed by atoms with E-state index >= 15 is 0 Å². The van der Waals surface area contributed by atoms with Crippen LogP contribution in [-0.2, 0) is 14.8 Å². The molecule has 0 aliphatic carbocycles. The number of nitrogens with zero attached hydrogens (tertiary/aromatic N) is 1. The van der Waals surface area contributed by atoms with Gasteiger partial charge in [-0.25, -0.2) is 8.42 Å². The fourth-order valence-corrected chi connectivity index (χ4v) is 4.40. The molecule has 3 rings (SSSR count). The number of ketones is 1. The van der Waals surface area contributed by atoms with Crippen molar-refractivity contribution in [1.82, 2.24) is 4.90 Å². The molecular formula is C24H21Cl2N3O5S. The minimum absolute atomic E-state index is 0.00428. The zero-order chi connectivity index (χ0) is 25.8. The standard InChI is InChI=1S/C24H21Cl2N3O5S/c1-15(30)16-5-10-20(11-6-16)35(33,34)28-18-7-3-17(4-8-18)24(32)29(2)14-23(31)27-19-9-12-21(25)22(26)13-19/h3-13,28H,14H2,1-2H3,(H,27,31). The van der Waals surface area contributed by atoms with Crippen LogP contribution in [0.1, 0.15) is 27.6 Å². The zero-order valence-corrected chi connectivity index (χ0v) is 21.0. The zero-order valence-electron chi connectivity index (χ0n) is 18.7. The van der Waals surface area contributed by atoms with Gasteiger partial charge in [-0.15, -0.1) is 0 Å². The summed E-state index contributed by atoms with van der Waals surface area (Å²) in [5.74, 6) is -1.03. The van der Waals surface area contributed by atoms with Gasteiger partial charge in [0.1, 0.15) is 0 Å². The third-order valence-electron chi connectivity index (χ3n) is 4.89. The Kier molecular flexibility index (Phi) is 8.16. The fraction of sp³-hybridized carbons (Fsp3) is 0.125. The molecular weight excluding hydrogens is 513 g/mol. The Balaban J connectivity index is 1.61. The number of hydrogen-bond donors (Lipinski definition) is 2.